The van der Waals surface area contributed by atoms with E-state index in [9.17, 15) is 5.02 Å². The van der Waals surface area contributed by atoms with Gasteiger partial charge in [0, 0.05) is 32.7 Å². The standard InChI is InChI=1S/C20H22BN3O3/c1-22-17-3-6-20(15(11-17)13-24-9-7-23(2)8-10-24)27-18-4-5-19-16(12-18)14-26-21(19)25/h3-6,11-12,25H,7-10,13-14H2,2H3. The third-order valence-electron chi connectivity index (χ3n) is 5.17. The van der Waals surface area contributed by atoms with Crippen molar-refractivity contribution in [2.45, 2.75) is 13.2 Å². The molecular formula is C20H22BN3O3. The highest BCUT2D eigenvalue weighted by Gasteiger charge is 2.27. The number of piperazine rings is 1. The van der Waals surface area contributed by atoms with Crippen LogP contribution < -0.4 is 10.2 Å². The molecule has 2 aliphatic heterocycles. The highest BCUT2D eigenvalue weighted by atomic mass is 16.5. The van der Waals surface area contributed by atoms with Gasteiger partial charge in [0.15, 0.2) is 5.69 Å². The lowest BCUT2D eigenvalue weighted by Gasteiger charge is -2.32. The number of rotatable bonds is 4. The lowest BCUT2D eigenvalue weighted by atomic mass is 9.80. The van der Waals surface area contributed by atoms with Gasteiger partial charge in [0.1, 0.15) is 11.5 Å². The summed E-state index contributed by atoms with van der Waals surface area (Å²) in [5.41, 5.74) is 3.38. The van der Waals surface area contributed by atoms with Crippen LogP contribution in [0, 0.1) is 6.57 Å². The Hall–Kier alpha value is -2.37. The topological polar surface area (TPSA) is 49.5 Å². The molecule has 0 spiro atoms. The van der Waals surface area contributed by atoms with Crippen LogP contribution in [0.15, 0.2) is 36.4 Å². The molecule has 0 amide bonds. The maximum absolute atomic E-state index is 9.76. The minimum atomic E-state index is -0.847. The summed E-state index contributed by atoms with van der Waals surface area (Å²) in [4.78, 5) is 8.28. The Labute approximate surface area is 159 Å². The molecule has 2 heterocycles. The molecule has 2 aromatic carbocycles. The van der Waals surface area contributed by atoms with Gasteiger partial charge in [0.05, 0.1) is 13.2 Å². The number of fused-ring (bicyclic) bond motifs is 1. The van der Waals surface area contributed by atoms with Crippen molar-refractivity contribution >= 4 is 18.3 Å². The average molecular weight is 363 g/mol. The second-order valence-electron chi connectivity index (χ2n) is 7.11. The molecule has 27 heavy (non-hydrogen) atoms. The molecule has 0 radical (unpaired) electrons. The Kier molecular flexibility index (Phi) is 5.14. The number of ether oxygens (including phenoxy) is 1. The molecule has 4 rings (SSSR count). The molecule has 7 heteroatoms. The predicted molar refractivity (Wildman–Crippen MR) is 104 cm³/mol. The Balaban J connectivity index is 1.56. The van der Waals surface area contributed by atoms with Crippen molar-refractivity contribution in [2.24, 2.45) is 0 Å². The summed E-state index contributed by atoms with van der Waals surface area (Å²) in [5.74, 6) is 1.47. The Morgan fingerprint density at radius 3 is 2.78 bits per heavy atom. The van der Waals surface area contributed by atoms with Crippen LogP contribution in [0.4, 0.5) is 5.69 Å². The molecule has 0 bridgehead atoms. The highest BCUT2D eigenvalue weighted by molar-refractivity contribution is 6.61. The Morgan fingerprint density at radius 1 is 1.19 bits per heavy atom. The molecule has 1 N–H and O–H groups in total. The van der Waals surface area contributed by atoms with E-state index >= 15 is 0 Å². The fraction of sp³-hybridized carbons (Fsp3) is 0.350. The lowest BCUT2D eigenvalue weighted by molar-refractivity contribution is 0.147. The van der Waals surface area contributed by atoms with Gasteiger partial charge in [0.2, 0.25) is 0 Å². The van der Waals surface area contributed by atoms with E-state index in [4.69, 9.17) is 16.0 Å². The number of hydrogen-bond donors (Lipinski definition) is 1. The third-order valence-corrected chi connectivity index (χ3v) is 5.17. The van der Waals surface area contributed by atoms with E-state index < -0.39 is 7.12 Å². The molecule has 0 saturated carbocycles. The lowest BCUT2D eigenvalue weighted by Crippen LogP contribution is -2.43. The summed E-state index contributed by atoms with van der Waals surface area (Å²) in [6, 6.07) is 11.2. The summed E-state index contributed by atoms with van der Waals surface area (Å²) in [6.45, 7) is 12.6. The quantitative estimate of drug-likeness (QED) is 0.665. The molecule has 0 aromatic heterocycles. The fourth-order valence-electron chi connectivity index (χ4n) is 3.50. The maximum Gasteiger partial charge on any atom is 0.491 e. The first-order valence-electron chi connectivity index (χ1n) is 9.14. The van der Waals surface area contributed by atoms with E-state index in [1.165, 1.54) is 0 Å². The SMILES string of the molecule is [C-]#[N+]c1ccc(Oc2ccc3c(c2)COB3O)c(CN2CCN(C)CC2)c1. The van der Waals surface area contributed by atoms with Crippen LogP contribution in [0.3, 0.4) is 0 Å². The van der Waals surface area contributed by atoms with E-state index in [0.717, 1.165) is 55.1 Å². The first-order chi connectivity index (χ1) is 13.1. The van der Waals surface area contributed by atoms with Crippen molar-refractivity contribution in [2.75, 3.05) is 33.2 Å². The number of likely N-dealkylation sites (N-methyl/N-ethyl adjacent to an activating group) is 1. The molecule has 1 saturated heterocycles. The van der Waals surface area contributed by atoms with Crippen LogP contribution in [0.2, 0.25) is 0 Å². The second-order valence-corrected chi connectivity index (χ2v) is 7.11. The van der Waals surface area contributed by atoms with Crippen LogP contribution in [0.1, 0.15) is 11.1 Å². The van der Waals surface area contributed by atoms with Crippen molar-refractivity contribution in [3.8, 4) is 11.5 Å². The zero-order chi connectivity index (χ0) is 18.8. The van der Waals surface area contributed by atoms with Crippen LogP contribution in [0.5, 0.6) is 11.5 Å². The minimum Gasteiger partial charge on any atom is -0.457 e. The first-order valence-corrected chi connectivity index (χ1v) is 9.14. The molecule has 6 nitrogen and oxygen atoms in total. The molecule has 0 atom stereocenters. The van der Waals surface area contributed by atoms with Crippen molar-refractivity contribution < 1.29 is 14.4 Å². The molecular weight excluding hydrogens is 341 g/mol. The number of benzene rings is 2. The normalized spacial score (nSPS) is 17.6. The number of hydrogen-bond acceptors (Lipinski definition) is 5. The van der Waals surface area contributed by atoms with Gasteiger partial charge in [-0.3, -0.25) is 4.90 Å². The minimum absolute atomic E-state index is 0.387. The summed E-state index contributed by atoms with van der Waals surface area (Å²) in [5, 5.41) is 9.76. The van der Waals surface area contributed by atoms with E-state index in [1.54, 1.807) is 6.07 Å². The molecule has 138 valence electrons. The zero-order valence-electron chi connectivity index (χ0n) is 15.4. The van der Waals surface area contributed by atoms with E-state index in [2.05, 4.69) is 21.7 Å². The van der Waals surface area contributed by atoms with Crippen molar-refractivity contribution in [1.82, 2.24) is 9.80 Å². The highest BCUT2D eigenvalue weighted by Crippen LogP contribution is 2.31. The maximum atomic E-state index is 9.76. The predicted octanol–water partition coefficient (Wildman–Crippen LogP) is 1.99. The monoisotopic (exact) mass is 363 g/mol. The average Bonchev–Trinajstić information content (AvgIpc) is 3.05. The fourth-order valence-corrected chi connectivity index (χ4v) is 3.50. The first kappa shape index (κ1) is 18.0. The molecule has 0 aliphatic carbocycles. The summed E-state index contributed by atoms with van der Waals surface area (Å²) < 4.78 is 11.4. The van der Waals surface area contributed by atoms with Crippen LogP contribution >= 0.6 is 0 Å². The van der Waals surface area contributed by atoms with Crippen LogP contribution in [-0.2, 0) is 17.8 Å². The summed E-state index contributed by atoms with van der Waals surface area (Å²) >= 11 is 0. The van der Waals surface area contributed by atoms with Crippen molar-refractivity contribution in [3.63, 3.8) is 0 Å². The van der Waals surface area contributed by atoms with Gasteiger partial charge in [-0.25, -0.2) is 4.85 Å². The van der Waals surface area contributed by atoms with E-state index in [1.807, 2.05) is 30.3 Å². The Morgan fingerprint density at radius 2 is 2.00 bits per heavy atom. The van der Waals surface area contributed by atoms with Gasteiger partial charge in [-0.05, 0) is 47.9 Å². The molecule has 0 unspecified atom stereocenters. The van der Waals surface area contributed by atoms with Gasteiger partial charge in [-0.15, -0.1) is 0 Å². The van der Waals surface area contributed by atoms with Gasteiger partial charge in [-0.2, -0.15) is 0 Å². The van der Waals surface area contributed by atoms with Crippen molar-refractivity contribution in [1.29, 1.82) is 0 Å². The smallest absolute Gasteiger partial charge is 0.457 e. The van der Waals surface area contributed by atoms with Gasteiger partial charge in [-0.1, -0.05) is 12.1 Å². The van der Waals surface area contributed by atoms with Gasteiger partial charge < -0.3 is 19.3 Å². The number of nitrogens with zero attached hydrogens (tertiary/aromatic N) is 3. The van der Waals surface area contributed by atoms with E-state index in [-0.39, 0.29) is 0 Å². The third kappa shape index (κ3) is 3.99. The second kappa shape index (κ2) is 7.71. The summed E-state index contributed by atoms with van der Waals surface area (Å²) in [7, 11) is 1.29. The molecule has 2 aliphatic rings. The summed E-state index contributed by atoms with van der Waals surface area (Å²) in [6.07, 6.45) is 0. The molecule has 1 fully saturated rings. The van der Waals surface area contributed by atoms with Crippen LogP contribution in [0.25, 0.3) is 4.85 Å². The van der Waals surface area contributed by atoms with Gasteiger partial charge >= 0.3 is 7.12 Å². The van der Waals surface area contributed by atoms with Crippen LogP contribution in [-0.4, -0.2) is 55.2 Å². The van der Waals surface area contributed by atoms with E-state index in [0.29, 0.717) is 18.0 Å². The molecule has 2 aromatic rings. The van der Waals surface area contributed by atoms with Gasteiger partial charge in [0.25, 0.3) is 0 Å². The van der Waals surface area contributed by atoms with Crippen molar-refractivity contribution in [3.05, 3.63) is 58.9 Å². The Bertz CT molecular complexity index is 875. The zero-order valence-corrected chi connectivity index (χ0v) is 15.4. The largest absolute Gasteiger partial charge is 0.491 e.